The Bertz CT molecular complexity index is 453. The Kier molecular flexibility index (Phi) is 3.26. The summed E-state index contributed by atoms with van der Waals surface area (Å²) in [6.07, 6.45) is 0. The van der Waals surface area contributed by atoms with E-state index in [2.05, 4.69) is 20.3 Å². The molecule has 0 aliphatic carbocycles. The highest BCUT2D eigenvalue weighted by atomic mass is 19.1. The third-order valence-electron chi connectivity index (χ3n) is 2.28. The molecular formula is C11H12FN3O. The molecule has 0 bridgehead atoms. The summed E-state index contributed by atoms with van der Waals surface area (Å²) >= 11 is 0. The first-order valence-corrected chi connectivity index (χ1v) is 4.99. The second kappa shape index (κ2) is 4.85. The van der Waals surface area contributed by atoms with Crippen molar-refractivity contribution in [2.45, 2.75) is 20.0 Å². The van der Waals surface area contributed by atoms with E-state index in [-0.39, 0.29) is 5.82 Å². The zero-order chi connectivity index (χ0) is 11.4. The molecule has 1 aromatic carbocycles. The molecule has 16 heavy (non-hydrogen) atoms. The molecule has 2 rings (SSSR count). The van der Waals surface area contributed by atoms with Gasteiger partial charge in [-0.25, -0.2) is 9.02 Å². The van der Waals surface area contributed by atoms with E-state index >= 15 is 0 Å². The lowest BCUT2D eigenvalue weighted by Crippen LogP contribution is -2.13. The summed E-state index contributed by atoms with van der Waals surface area (Å²) in [6.45, 7) is 3.09. The lowest BCUT2D eigenvalue weighted by molar-refractivity contribution is 0.300. The maximum Gasteiger partial charge on any atom is 0.123 e. The SMILES string of the molecule is Cc1nonc1CNCc1ccc(F)cc1. The van der Waals surface area contributed by atoms with E-state index < -0.39 is 0 Å². The van der Waals surface area contributed by atoms with E-state index in [1.807, 2.05) is 6.92 Å². The topological polar surface area (TPSA) is 51.0 Å². The van der Waals surface area contributed by atoms with Crippen molar-refractivity contribution in [3.05, 3.63) is 47.0 Å². The number of nitrogens with one attached hydrogen (secondary N) is 1. The number of aryl methyl sites for hydroxylation is 1. The molecule has 0 atom stereocenters. The fourth-order valence-corrected chi connectivity index (χ4v) is 1.34. The highest BCUT2D eigenvalue weighted by Gasteiger charge is 2.03. The van der Waals surface area contributed by atoms with Gasteiger partial charge >= 0.3 is 0 Å². The summed E-state index contributed by atoms with van der Waals surface area (Å²) in [5, 5.41) is 10.6. The van der Waals surface area contributed by atoms with Crippen LogP contribution in [-0.2, 0) is 13.1 Å². The molecule has 2 aromatic rings. The van der Waals surface area contributed by atoms with Crippen molar-refractivity contribution in [2.24, 2.45) is 0 Å². The van der Waals surface area contributed by atoms with Crippen LogP contribution in [0.1, 0.15) is 17.0 Å². The maximum atomic E-state index is 12.6. The lowest BCUT2D eigenvalue weighted by Gasteiger charge is -2.02. The molecule has 0 radical (unpaired) electrons. The first kappa shape index (κ1) is 10.8. The first-order chi connectivity index (χ1) is 7.75. The number of hydrogen-bond acceptors (Lipinski definition) is 4. The molecule has 0 spiro atoms. The lowest BCUT2D eigenvalue weighted by atomic mass is 10.2. The molecule has 1 heterocycles. The third-order valence-corrected chi connectivity index (χ3v) is 2.28. The molecule has 84 valence electrons. The van der Waals surface area contributed by atoms with Crippen LogP contribution in [0.2, 0.25) is 0 Å². The third kappa shape index (κ3) is 2.64. The molecule has 5 heteroatoms. The van der Waals surface area contributed by atoms with Gasteiger partial charge in [0.15, 0.2) is 0 Å². The molecule has 1 N–H and O–H groups in total. The molecule has 4 nitrogen and oxygen atoms in total. The van der Waals surface area contributed by atoms with E-state index in [4.69, 9.17) is 0 Å². The Morgan fingerprint density at radius 1 is 1.19 bits per heavy atom. The molecule has 0 saturated heterocycles. The monoisotopic (exact) mass is 221 g/mol. The van der Waals surface area contributed by atoms with Crippen molar-refractivity contribution in [2.75, 3.05) is 0 Å². The Morgan fingerprint density at radius 3 is 2.56 bits per heavy atom. The quantitative estimate of drug-likeness (QED) is 0.855. The minimum Gasteiger partial charge on any atom is -0.307 e. The van der Waals surface area contributed by atoms with Crippen molar-refractivity contribution < 1.29 is 9.02 Å². The molecule has 0 amide bonds. The van der Waals surface area contributed by atoms with Crippen molar-refractivity contribution in [1.82, 2.24) is 15.6 Å². The van der Waals surface area contributed by atoms with Gasteiger partial charge in [0.25, 0.3) is 0 Å². The van der Waals surface area contributed by atoms with Crippen LogP contribution in [0.15, 0.2) is 28.9 Å². The van der Waals surface area contributed by atoms with Crippen LogP contribution in [-0.4, -0.2) is 10.3 Å². The van der Waals surface area contributed by atoms with Gasteiger partial charge in [0, 0.05) is 13.1 Å². The summed E-state index contributed by atoms with van der Waals surface area (Å²) in [5.74, 6) is -0.222. The predicted octanol–water partition coefficient (Wildman–Crippen LogP) is 1.81. The van der Waals surface area contributed by atoms with E-state index in [0.29, 0.717) is 13.1 Å². The Hall–Kier alpha value is -1.75. The van der Waals surface area contributed by atoms with Crippen LogP contribution in [0, 0.1) is 12.7 Å². The average molecular weight is 221 g/mol. The number of rotatable bonds is 4. The summed E-state index contributed by atoms with van der Waals surface area (Å²) in [7, 11) is 0. The van der Waals surface area contributed by atoms with Gasteiger partial charge in [-0.1, -0.05) is 22.4 Å². The van der Waals surface area contributed by atoms with Gasteiger partial charge in [-0.15, -0.1) is 0 Å². The van der Waals surface area contributed by atoms with Crippen molar-refractivity contribution in [3.63, 3.8) is 0 Å². The number of hydrogen-bond donors (Lipinski definition) is 1. The number of aromatic nitrogens is 2. The number of halogens is 1. The molecule has 0 saturated carbocycles. The summed E-state index contributed by atoms with van der Waals surface area (Å²) in [5.41, 5.74) is 2.60. The van der Waals surface area contributed by atoms with E-state index in [0.717, 1.165) is 17.0 Å². The van der Waals surface area contributed by atoms with Gasteiger partial charge in [0.2, 0.25) is 0 Å². The van der Waals surface area contributed by atoms with Gasteiger partial charge in [-0.2, -0.15) is 0 Å². The molecule has 0 unspecified atom stereocenters. The van der Waals surface area contributed by atoms with Crippen LogP contribution < -0.4 is 5.32 Å². The Morgan fingerprint density at radius 2 is 1.94 bits per heavy atom. The second-order valence-electron chi connectivity index (χ2n) is 3.53. The predicted molar refractivity (Wildman–Crippen MR) is 56.0 cm³/mol. The van der Waals surface area contributed by atoms with E-state index in [9.17, 15) is 4.39 Å². The minimum absolute atomic E-state index is 0.222. The molecule has 1 aromatic heterocycles. The van der Waals surface area contributed by atoms with Gasteiger partial charge < -0.3 is 5.32 Å². The van der Waals surface area contributed by atoms with Gasteiger partial charge in [0.05, 0.1) is 0 Å². The normalized spacial score (nSPS) is 10.6. The second-order valence-corrected chi connectivity index (χ2v) is 3.53. The first-order valence-electron chi connectivity index (χ1n) is 4.99. The average Bonchev–Trinajstić information content (AvgIpc) is 2.68. The van der Waals surface area contributed by atoms with Crippen molar-refractivity contribution in [3.8, 4) is 0 Å². The minimum atomic E-state index is -0.222. The zero-order valence-electron chi connectivity index (χ0n) is 8.90. The van der Waals surface area contributed by atoms with Crippen LogP contribution in [0.5, 0.6) is 0 Å². The van der Waals surface area contributed by atoms with Crippen LogP contribution in [0.4, 0.5) is 4.39 Å². The van der Waals surface area contributed by atoms with Crippen LogP contribution in [0.3, 0.4) is 0 Å². The number of nitrogens with zero attached hydrogens (tertiary/aromatic N) is 2. The maximum absolute atomic E-state index is 12.6. The smallest absolute Gasteiger partial charge is 0.123 e. The fraction of sp³-hybridized carbons (Fsp3) is 0.273. The van der Waals surface area contributed by atoms with Crippen LogP contribution >= 0.6 is 0 Å². The Balaban J connectivity index is 1.84. The van der Waals surface area contributed by atoms with Crippen molar-refractivity contribution in [1.29, 1.82) is 0 Å². The summed E-state index contributed by atoms with van der Waals surface area (Å²) in [6, 6.07) is 6.38. The summed E-state index contributed by atoms with van der Waals surface area (Å²) in [4.78, 5) is 0. The molecule has 0 aliphatic rings. The fourth-order valence-electron chi connectivity index (χ4n) is 1.34. The van der Waals surface area contributed by atoms with Gasteiger partial charge in [-0.05, 0) is 24.6 Å². The summed E-state index contributed by atoms with van der Waals surface area (Å²) < 4.78 is 17.2. The highest BCUT2D eigenvalue weighted by molar-refractivity contribution is 5.16. The standard InChI is InChI=1S/C11H12FN3O/c1-8-11(15-16-14-8)7-13-6-9-2-4-10(12)5-3-9/h2-5,13H,6-7H2,1H3. The van der Waals surface area contributed by atoms with Crippen molar-refractivity contribution >= 4 is 0 Å². The van der Waals surface area contributed by atoms with Gasteiger partial charge in [0.1, 0.15) is 17.2 Å². The highest BCUT2D eigenvalue weighted by Crippen LogP contribution is 2.03. The number of benzene rings is 1. The largest absolute Gasteiger partial charge is 0.307 e. The van der Waals surface area contributed by atoms with Crippen LogP contribution in [0.25, 0.3) is 0 Å². The van der Waals surface area contributed by atoms with E-state index in [1.165, 1.54) is 12.1 Å². The van der Waals surface area contributed by atoms with Gasteiger partial charge in [-0.3, -0.25) is 0 Å². The van der Waals surface area contributed by atoms with E-state index in [1.54, 1.807) is 12.1 Å². The Labute approximate surface area is 92.4 Å². The molecular weight excluding hydrogens is 209 g/mol. The zero-order valence-corrected chi connectivity index (χ0v) is 8.90. The molecule has 0 aliphatic heterocycles. The molecule has 0 fully saturated rings.